The molecule has 4 rings (SSSR count). The van der Waals surface area contributed by atoms with E-state index in [9.17, 15) is 12.8 Å². The summed E-state index contributed by atoms with van der Waals surface area (Å²) in [5.74, 6) is -0.186. The first-order chi connectivity index (χ1) is 13.9. The topological polar surface area (TPSA) is 43.9 Å². The molecule has 1 atom stereocenters. The van der Waals surface area contributed by atoms with E-state index in [1.165, 1.54) is 6.07 Å². The first-order valence-corrected chi connectivity index (χ1v) is 11.7. The Balaban J connectivity index is 1.40. The number of rotatable bonds is 4. The highest BCUT2D eigenvalue weighted by Crippen LogP contribution is 2.26. The monoisotopic (exact) mass is 417 g/mol. The van der Waals surface area contributed by atoms with Crippen molar-refractivity contribution in [2.24, 2.45) is 0 Å². The summed E-state index contributed by atoms with van der Waals surface area (Å²) in [7, 11) is -3.46. The van der Waals surface area contributed by atoms with Gasteiger partial charge < -0.3 is 4.90 Å². The second-order valence-corrected chi connectivity index (χ2v) is 9.88. The molecule has 29 heavy (non-hydrogen) atoms. The van der Waals surface area contributed by atoms with Crippen LogP contribution in [0.5, 0.6) is 0 Å². The molecule has 0 unspecified atom stereocenters. The summed E-state index contributed by atoms with van der Waals surface area (Å²) >= 11 is 0. The number of piperidine rings is 1. The largest absolute Gasteiger partial charge is 0.367 e. The number of anilines is 1. The lowest BCUT2D eigenvalue weighted by molar-refractivity contribution is 0.128. The molecule has 0 amide bonds. The maximum atomic E-state index is 14.1. The van der Waals surface area contributed by atoms with Gasteiger partial charge in [-0.1, -0.05) is 29.8 Å². The van der Waals surface area contributed by atoms with Gasteiger partial charge in [-0.2, -0.15) is 4.31 Å². The van der Waals surface area contributed by atoms with Crippen molar-refractivity contribution in [3.8, 4) is 0 Å². The SMILES string of the molecule is Cc1ccc(S(=O)(=O)N2CCC[C@H](N3CCN(c4ccccc4F)CC3)C2)cc1. The lowest BCUT2D eigenvalue weighted by atomic mass is 10.0. The second-order valence-electron chi connectivity index (χ2n) is 7.95. The zero-order valence-electron chi connectivity index (χ0n) is 16.8. The number of hydrogen-bond donors (Lipinski definition) is 0. The van der Waals surface area contributed by atoms with E-state index in [2.05, 4.69) is 9.80 Å². The molecular weight excluding hydrogens is 389 g/mol. The molecular formula is C22H28FN3O2S. The number of hydrogen-bond acceptors (Lipinski definition) is 4. The van der Waals surface area contributed by atoms with Crippen molar-refractivity contribution in [1.82, 2.24) is 9.21 Å². The molecule has 0 aromatic heterocycles. The highest BCUT2D eigenvalue weighted by molar-refractivity contribution is 7.89. The molecule has 5 nitrogen and oxygen atoms in total. The smallest absolute Gasteiger partial charge is 0.243 e. The molecule has 156 valence electrons. The van der Waals surface area contributed by atoms with Crippen LogP contribution in [-0.4, -0.2) is 62.9 Å². The fraction of sp³-hybridized carbons (Fsp3) is 0.455. The number of nitrogens with zero attached hydrogens (tertiary/aromatic N) is 3. The Morgan fingerprint density at radius 1 is 0.931 bits per heavy atom. The van der Waals surface area contributed by atoms with Crippen molar-refractivity contribution in [2.75, 3.05) is 44.2 Å². The Morgan fingerprint density at radius 3 is 2.31 bits per heavy atom. The van der Waals surface area contributed by atoms with Gasteiger partial charge in [0.2, 0.25) is 10.0 Å². The van der Waals surface area contributed by atoms with Gasteiger partial charge in [-0.05, 0) is 44.0 Å². The third-order valence-corrected chi connectivity index (χ3v) is 7.92. The number of piperazine rings is 1. The van der Waals surface area contributed by atoms with E-state index in [0.29, 0.717) is 23.7 Å². The van der Waals surface area contributed by atoms with Crippen LogP contribution in [0.2, 0.25) is 0 Å². The van der Waals surface area contributed by atoms with Crippen molar-refractivity contribution in [2.45, 2.75) is 30.7 Å². The lowest BCUT2D eigenvalue weighted by Gasteiger charge is -2.43. The third-order valence-electron chi connectivity index (χ3n) is 6.04. The maximum absolute atomic E-state index is 14.1. The molecule has 2 fully saturated rings. The molecule has 2 aliphatic rings. The molecule has 0 aliphatic carbocycles. The van der Waals surface area contributed by atoms with E-state index < -0.39 is 10.0 Å². The zero-order chi connectivity index (χ0) is 20.4. The third kappa shape index (κ3) is 4.32. The molecule has 0 saturated carbocycles. The number of benzene rings is 2. The molecule has 7 heteroatoms. The van der Waals surface area contributed by atoms with Crippen LogP contribution in [0, 0.1) is 12.7 Å². The molecule has 0 N–H and O–H groups in total. The molecule has 2 aromatic rings. The average molecular weight is 418 g/mol. The van der Waals surface area contributed by atoms with Gasteiger partial charge in [0, 0.05) is 45.3 Å². The summed E-state index contributed by atoms with van der Waals surface area (Å²) in [6.07, 6.45) is 1.86. The molecule has 2 saturated heterocycles. The Morgan fingerprint density at radius 2 is 1.62 bits per heavy atom. The minimum Gasteiger partial charge on any atom is -0.367 e. The standard InChI is InChI=1S/C22H28FN3O2S/c1-18-8-10-20(11-9-18)29(27,28)26-12-4-5-19(17-26)24-13-15-25(16-14-24)22-7-3-2-6-21(22)23/h2-3,6-11,19H,4-5,12-17H2,1H3/t19-/m0/s1. The molecule has 0 spiro atoms. The van der Waals surface area contributed by atoms with E-state index in [1.807, 2.05) is 31.2 Å². The quantitative estimate of drug-likeness (QED) is 0.767. The summed E-state index contributed by atoms with van der Waals surface area (Å²) < 4.78 is 41.8. The van der Waals surface area contributed by atoms with Crippen LogP contribution in [0.3, 0.4) is 0 Å². The van der Waals surface area contributed by atoms with Gasteiger partial charge in [0.15, 0.2) is 0 Å². The first kappa shape index (κ1) is 20.3. The van der Waals surface area contributed by atoms with Gasteiger partial charge in [-0.25, -0.2) is 12.8 Å². The highest BCUT2D eigenvalue weighted by atomic mass is 32.2. The van der Waals surface area contributed by atoms with Crippen LogP contribution in [0.15, 0.2) is 53.4 Å². The average Bonchev–Trinajstić information content (AvgIpc) is 2.75. The Kier molecular flexibility index (Phi) is 5.90. The minimum atomic E-state index is -3.46. The second kappa shape index (κ2) is 8.42. The van der Waals surface area contributed by atoms with Crippen LogP contribution in [0.25, 0.3) is 0 Å². The van der Waals surface area contributed by atoms with Crippen molar-refractivity contribution < 1.29 is 12.8 Å². The minimum absolute atomic E-state index is 0.186. The predicted molar refractivity (Wildman–Crippen MR) is 113 cm³/mol. The normalized spacial score (nSPS) is 22.0. The van der Waals surface area contributed by atoms with Crippen molar-refractivity contribution in [3.05, 3.63) is 59.9 Å². The number of sulfonamides is 1. The van der Waals surface area contributed by atoms with Gasteiger partial charge >= 0.3 is 0 Å². The lowest BCUT2D eigenvalue weighted by Crippen LogP contribution is -2.55. The van der Waals surface area contributed by atoms with Crippen LogP contribution >= 0.6 is 0 Å². The summed E-state index contributed by atoms with van der Waals surface area (Å²) in [4.78, 5) is 4.82. The first-order valence-electron chi connectivity index (χ1n) is 10.3. The highest BCUT2D eigenvalue weighted by Gasteiger charge is 2.34. The van der Waals surface area contributed by atoms with Gasteiger partial charge in [0.1, 0.15) is 5.82 Å². The summed E-state index contributed by atoms with van der Waals surface area (Å²) in [5.41, 5.74) is 1.70. The van der Waals surface area contributed by atoms with Crippen LogP contribution in [0.1, 0.15) is 18.4 Å². The molecule has 2 aliphatic heterocycles. The van der Waals surface area contributed by atoms with Crippen molar-refractivity contribution >= 4 is 15.7 Å². The summed E-state index contributed by atoms with van der Waals surface area (Å²) in [6.45, 7) is 6.19. The zero-order valence-corrected chi connectivity index (χ0v) is 17.6. The van der Waals surface area contributed by atoms with Crippen LogP contribution in [0.4, 0.5) is 10.1 Å². The molecule has 0 bridgehead atoms. The van der Waals surface area contributed by atoms with E-state index in [-0.39, 0.29) is 11.9 Å². The number of aryl methyl sites for hydroxylation is 1. The van der Waals surface area contributed by atoms with E-state index >= 15 is 0 Å². The van der Waals surface area contributed by atoms with Gasteiger partial charge in [-0.15, -0.1) is 0 Å². The number of para-hydroxylation sites is 1. The van der Waals surface area contributed by atoms with Crippen LogP contribution < -0.4 is 4.90 Å². The Labute approximate surface area is 172 Å². The predicted octanol–water partition coefficient (Wildman–Crippen LogP) is 3.11. The summed E-state index contributed by atoms with van der Waals surface area (Å²) in [6, 6.07) is 14.2. The maximum Gasteiger partial charge on any atom is 0.243 e. The van der Waals surface area contributed by atoms with E-state index in [4.69, 9.17) is 0 Å². The van der Waals surface area contributed by atoms with Crippen molar-refractivity contribution in [1.29, 1.82) is 0 Å². The Bertz CT molecular complexity index is 941. The van der Waals surface area contributed by atoms with Gasteiger partial charge in [-0.3, -0.25) is 4.90 Å². The molecule has 2 aromatic carbocycles. The fourth-order valence-corrected chi connectivity index (χ4v) is 5.85. The summed E-state index contributed by atoms with van der Waals surface area (Å²) in [5, 5.41) is 0. The number of halogens is 1. The molecule has 2 heterocycles. The van der Waals surface area contributed by atoms with Gasteiger partial charge in [0.05, 0.1) is 10.6 Å². The van der Waals surface area contributed by atoms with E-state index in [0.717, 1.165) is 44.6 Å². The van der Waals surface area contributed by atoms with Crippen molar-refractivity contribution in [3.63, 3.8) is 0 Å². The Hall–Kier alpha value is -1.96. The van der Waals surface area contributed by atoms with Crippen LogP contribution in [-0.2, 0) is 10.0 Å². The van der Waals surface area contributed by atoms with Gasteiger partial charge in [0.25, 0.3) is 0 Å². The molecule has 0 radical (unpaired) electrons. The van der Waals surface area contributed by atoms with E-state index in [1.54, 1.807) is 22.5 Å². The fourth-order valence-electron chi connectivity index (χ4n) is 4.33.